The highest BCUT2D eigenvalue weighted by Crippen LogP contribution is 2.13. The van der Waals surface area contributed by atoms with E-state index in [2.05, 4.69) is 53.2 Å². The Morgan fingerprint density at radius 2 is 0.548 bits per heavy atom. The van der Waals surface area contributed by atoms with Crippen LogP contribution in [0.5, 0.6) is 0 Å². The van der Waals surface area contributed by atoms with Gasteiger partial charge in [0.15, 0.2) is 0 Å². The highest BCUT2D eigenvalue weighted by molar-refractivity contribution is 5.98. The minimum Gasteiger partial charge on any atom is -0.357 e. The summed E-state index contributed by atoms with van der Waals surface area (Å²) in [6.07, 6.45) is 5.04. The second-order valence-corrected chi connectivity index (χ2v) is 20.5. The smallest absolute Gasteiger partial charge is 0.243 e. The standard InChI is InChI=1S/C50H95N13O10/c1-28(2)25-38(61-41(64)31(7)19-13-16-22-51)48(71)58-35(11)45(68)63-40(27-30(5)6)50(73)60-37(21-15-18-24-53)47(70)57-34(10)44(67)62-39(26-29(3)4)49(72)59-36(20-14-17-23-52)46(69)56-33(9)43(66)55-32(8)42(65)54-12/h28-40H,13-27,51-53H2,1-12H3,(H,54,65)(H,55,66)(H,56,69)(H,57,70)(H,58,71)(H,59,72)(H,60,73)(H,61,64)(H,62,67)(H,63,68)/t31-,32-,33-,34-,35-,36?,37-,38-,39?,40-/m0/s1. The summed E-state index contributed by atoms with van der Waals surface area (Å²) in [5.74, 6) is -6.53. The molecular formula is C50H95N13O10. The molecule has 0 aromatic carbocycles. The summed E-state index contributed by atoms with van der Waals surface area (Å²) in [5.41, 5.74) is 17.0. The van der Waals surface area contributed by atoms with E-state index in [4.69, 9.17) is 17.2 Å². The van der Waals surface area contributed by atoms with E-state index in [0.29, 0.717) is 58.2 Å². The van der Waals surface area contributed by atoms with Crippen LogP contribution in [-0.4, -0.2) is 140 Å². The molecule has 0 aliphatic carbocycles. The van der Waals surface area contributed by atoms with E-state index < -0.39 is 108 Å². The third kappa shape index (κ3) is 28.0. The van der Waals surface area contributed by atoms with Gasteiger partial charge < -0.3 is 70.4 Å². The second-order valence-electron chi connectivity index (χ2n) is 20.5. The van der Waals surface area contributed by atoms with Crippen molar-refractivity contribution < 1.29 is 47.9 Å². The average Bonchev–Trinajstić information content (AvgIpc) is 3.31. The summed E-state index contributed by atoms with van der Waals surface area (Å²) >= 11 is 0. The molecule has 2 unspecified atom stereocenters. The monoisotopic (exact) mass is 1040 g/mol. The van der Waals surface area contributed by atoms with Crippen LogP contribution in [0.15, 0.2) is 0 Å². The van der Waals surface area contributed by atoms with E-state index in [1.165, 1.54) is 34.7 Å². The normalized spacial score (nSPS) is 15.4. The van der Waals surface area contributed by atoms with Gasteiger partial charge >= 0.3 is 0 Å². The van der Waals surface area contributed by atoms with Gasteiger partial charge in [-0.3, -0.25) is 47.9 Å². The predicted molar refractivity (Wildman–Crippen MR) is 280 cm³/mol. The topological polar surface area (TPSA) is 369 Å². The number of unbranched alkanes of at least 4 members (excludes halogenated alkanes) is 3. The van der Waals surface area contributed by atoms with Crippen molar-refractivity contribution in [2.75, 3.05) is 26.7 Å². The molecule has 0 aliphatic rings. The molecule has 10 amide bonds. The van der Waals surface area contributed by atoms with E-state index in [-0.39, 0.29) is 55.3 Å². The van der Waals surface area contributed by atoms with Crippen LogP contribution in [0.2, 0.25) is 0 Å². The number of amides is 10. The first-order chi connectivity index (χ1) is 34.2. The van der Waals surface area contributed by atoms with Crippen molar-refractivity contribution in [1.82, 2.24) is 53.2 Å². The lowest BCUT2D eigenvalue weighted by Gasteiger charge is -2.28. The molecule has 0 saturated heterocycles. The molecule has 0 saturated carbocycles. The third-order valence-corrected chi connectivity index (χ3v) is 12.0. The number of nitrogens with two attached hydrogens (primary N) is 3. The van der Waals surface area contributed by atoms with Crippen molar-refractivity contribution >= 4 is 59.1 Å². The van der Waals surface area contributed by atoms with Crippen LogP contribution in [-0.2, 0) is 47.9 Å². The van der Waals surface area contributed by atoms with Crippen LogP contribution >= 0.6 is 0 Å². The number of likely N-dealkylation sites (N-methyl/N-ethyl adjacent to an activating group) is 1. The Labute approximate surface area is 434 Å². The maximum absolute atomic E-state index is 14.0. The summed E-state index contributed by atoms with van der Waals surface area (Å²) in [6.45, 7) is 19.9. The number of carbonyl (C=O) groups excluding carboxylic acids is 10. The van der Waals surface area contributed by atoms with Crippen LogP contribution < -0.4 is 70.4 Å². The van der Waals surface area contributed by atoms with Crippen molar-refractivity contribution in [3.63, 3.8) is 0 Å². The minimum atomic E-state index is -1.22. The lowest BCUT2D eigenvalue weighted by molar-refractivity contribution is -0.136. The summed E-state index contributed by atoms with van der Waals surface area (Å²) in [6, 6.07) is -9.75. The van der Waals surface area contributed by atoms with E-state index in [1.54, 1.807) is 6.92 Å². The van der Waals surface area contributed by atoms with Crippen LogP contribution in [0.1, 0.15) is 153 Å². The van der Waals surface area contributed by atoms with Crippen LogP contribution in [0, 0.1) is 23.7 Å². The molecule has 0 heterocycles. The first-order valence-corrected chi connectivity index (χ1v) is 26.3. The Balaban J connectivity index is 6.18. The summed E-state index contributed by atoms with van der Waals surface area (Å²) < 4.78 is 0. The van der Waals surface area contributed by atoms with Crippen LogP contribution in [0.4, 0.5) is 0 Å². The fourth-order valence-corrected chi connectivity index (χ4v) is 7.57. The number of hydrogen-bond acceptors (Lipinski definition) is 13. The van der Waals surface area contributed by atoms with E-state index >= 15 is 0 Å². The Morgan fingerprint density at radius 1 is 0.301 bits per heavy atom. The van der Waals surface area contributed by atoms with E-state index in [9.17, 15) is 47.9 Å². The molecule has 0 bridgehead atoms. The minimum absolute atomic E-state index is 0.0383. The van der Waals surface area contributed by atoms with Crippen molar-refractivity contribution in [3.8, 4) is 0 Å². The zero-order valence-electron chi connectivity index (χ0n) is 45.9. The van der Waals surface area contributed by atoms with Gasteiger partial charge in [-0.2, -0.15) is 0 Å². The maximum atomic E-state index is 14.0. The average molecular weight is 1040 g/mol. The Bertz CT molecular complexity index is 1770. The molecule has 420 valence electrons. The van der Waals surface area contributed by atoms with Gasteiger partial charge in [-0.25, -0.2) is 0 Å². The van der Waals surface area contributed by atoms with E-state index in [1.807, 2.05) is 41.5 Å². The number of carbonyl (C=O) groups is 10. The van der Waals surface area contributed by atoms with Gasteiger partial charge in [0.1, 0.15) is 54.4 Å². The van der Waals surface area contributed by atoms with Gasteiger partial charge in [0.05, 0.1) is 0 Å². The fourth-order valence-electron chi connectivity index (χ4n) is 7.57. The molecule has 0 aliphatic heterocycles. The molecule has 16 N–H and O–H groups in total. The first-order valence-electron chi connectivity index (χ1n) is 26.3. The molecule has 0 rings (SSSR count). The van der Waals surface area contributed by atoms with Gasteiger partial charge in [0.25, 0.3) is 0 Å². The highest BCUT2D eigenvalue weighted by Gasteiger charge is 2.34. The molecule has 0 fully saturated rings. The van der Waals surface area contributed by atoms with Crippen molar-refractivity contribution in [3.05, 3.63) is 0 Å². The largest absolute Gasteiger partial charge is 0.357 e. The Hall–Kier alpha value is -5.42. The quantitative estimate of drug-likeness (QED) is 0.0344. The zero-order chi connectivity index (χ0) is 56.0. The number of nitrogens with one attached hydrogen (secondary N) is 10. The first kappa shape index (κ1) is 67.6. The van der Waals surface area contributed by atoms with Gasteiger partial charge in [-0.1, -0.05) is 54.9 Å². The van der Waals surface area contributed by atoms with Crippen molar-refractivity contribution in [1.29, 1.82) is 0 Å². The van der Waals surface area contributed by atoms with Crippen molar-refractivity contribution in [2.45, 2.75) is 208 Å². The number of rotatable bonds is 37. The fraction of sp³-hybridized carbons (Fsp3) is 0.800. The molecule has 0 spiro atoms. The van der Waals surface area contributed by atoms with Gasteiger partial charge in [0.2, 0.25) is 59.1 Å². The highest BCUT2D eigenvalue weighted by atomic mass is 16.2. The lowest BCUT2D eigenvalue weighted by atomic mass is 9.99. The zero-order valence-corrected chi connectivity index (χ0v) is 45.9. The van der Waals surface area contributed by atoms with Gasteiger partial charge in [-0.15, -0.1) is 0 Å². The molecule has 0 aromatic rings. The number of hydrogen-bond donors (Lipinski definition) is 13. The molecule has 73 heavy (non-hydrogen) atoms. The Kier molecular flexibility index (Phi) is 33.8. The maximum Gasteiger partial charge on any atom is 0.243 e. The lowest BCUT2D eigenvalue weighted by Crippen LogP contribution is -2.60. The van der Waals surface area contributed by atoms with Crippen LogP contribution in [0.3, 0.4) is 0 Å². The molecular weight excluding hydrogens is 943 g/mol. The second kappa shape index (κ2) is 36.5. The van der Waals surface area contributed by atoms with Crippen molar-refractivity contribution in [2.24, 2.45) is 40.9 Å². The molecule has 0 radical (unpaired) electrons. The molecule has 23 nitrogen and oxygen atoms in total. The van der Waals surface area contributed by atoms with Crippen LogP contribution in [0.25, 0.3) is 0 Å². The molecule has 23 heteroatoms. The van der Waals surface area contributed by atoms with Gasteiger partial charge in [0, 0.05) is 13.0 Å². The molecule has 0 aromatic heterocycles. The van der Waals surface area contributed by atoms with E-state index in [0.717, 1.165) is 12.8 Å². The summed E-state index contributed by atoms with van der Waals surface area (Å²) in [4.78, 5) is 134. The molecule has 10 atom stereocenters. The predicted octanol–water partition coefficient (Wildman–Crippen LogP) is -0.663. The SMILES string of the molecule is CNC(=O)[C@H](C)NC(=O)[C@H](C)NC(=O)C(CCCCN)NC(=O)C(CC(C)C)NC(=O)[C@H](C)NC(=O)[C@H](CCCCN)NC(=O)[C@H](CC(C)C)NC(=O)[C@H](C)NC(=O)[C@H](CC(C)C)NC(=O)[C@@H](C)CCCCN. The van der Waals surface area contributed by atoms with Gasteiger partial charge in [-0.05, 0) is 136 Å². The summed E-state index contributed by atoms with van der Waals surface area (Å²) in [7, 11) is 1.42. The summed E-state index contributed by atoms with van der Waals surface area (Å²) in [5, 5.41) is 26.6. The third-order valence-electron chi connectivity index (χ3n) is 12.0. The Morgan fingerprint density at radius 3 is 0.863 bits per heavy atom.